The van der Waals surface area contributed by atoms with Crippen LogP contribution in [0.3, 0.4) is 0 Å². The van der Waals surface area contributed by atoms with Gasteiger partial charge in [-0.3, -0.25) is 10.1 Å². The van der Waals surface area contributed by atoms with Gasteiger partial charge in [0.2, 0.25) is 0 Å². The molecule has 0 saturated heterocycles. The zero-order chi connectivity index (χ0) is 20.2. The monoisotopic (exact) mass is 388 g/mol. The lowest BCUT2D eigenvalue weighted by Crippen LogP contribution is -2.27. The van der Waals surface area contributed by atoms with Crippen LogP contribution in [0.5, 0.6) is 0 Å². The van der Waals surface area contributed by atoms with Crippen LogP contribution >= 0.6 is 0 Å². The molecule has 0 fully saturated rings. The predicted octanol–water partition coefficient (Wildman–Crippen LogP) is 4.74. The lowest BCUT2D eigenvalue weighted by Gasteiger charge is -2.22. The summed E-state index contributed by atoms with van der Waals surface area (Å²) in [6.45, 7) is 0.470. The zero-order valence-corrected chi connectivity index (χ0v) is 15.8. The summed E-state index contributed by atoms with van der Waals surface area (Å²) >= 11 is 0. The summed E-state index contributed by atoms with van der Waals surface area (Å²) in [6, 6.07) is 24.2. The van der Waals surface area contributed by atoms with E-state index in [-0.39, 0.29) is 18.4 Å². The van der Waals surface area contributed by atoms with Crippen molar-refractivity contribution in [1.82, 2.24) is 9.88 Å². The standard InChI is InChI=1S/C24H21FN2O2/c25-20-10-6-7-17(13-20)15-26-24(18-8-2-1-3-9-18)27-16-19(14-23(28)29)21-11-4-5-12-22(21)27/h1-13,16,24,26H,14-15H2,(H,28,29). The summed E-state index contributed by atoms with van der Waals surface area (Å²) in [6.07, 6.45) is 1.63. The molecule has 0 spiro atoms. The van der Waals surface area contributed by atoms with Crippen molar-refractivity contribution in [1.29, 1.82) is 0 Å². The van der Waals surface area contributed by atoms with E-state index in [2.05, 4.69) is 9.88 Å². The average Bonchev–Trinajstić information content (AvgIpc) is 3.07. The van der Waals surface area contributed by atoms with Crippen LogP contribution in [0.15, 0.2) is 85.1 Å². The minimum Gasteiger partial charge on any atom is -0.481 e. The third kappa shape index (κ3) is 4.20. The Hall–Kier alpha value is -3.44. The molecule has 0 bridgehead atoms. The molecule has 0 aliphatic heterocycles. The van der Waals surface area contributed by atoms with Crippen LogP contribution in [0.4, 0.5) is 4.39 Å². The fourth-order valence-corrected chi connectivity index (χ4v) is 3.67. The third-order valence-corrected chi connectivity index (χ3v) is 4.95. The predicted molar refractivity (Wildman–Crippen MR) is 111 cm³/mol. The van der Waals surface area contributed by atoms with Gasteiger partial charge in [0, 0.05) is 23.6 Å². The quantitative estimate of drug-likeness (QED) is 0.481. The van der Waals surface area contributed by atoms with Gasteiger partial charge in [-0.05, 0) is 34.9 Å². The van der Waals surface area contributed by atoms with Gasteiger partial charge in [-0.15, -0.1) is 0 Å². The summed E-state index contributed by atoms with van der Waals surface area (Å²) < 4.78 is 15.6. The van der Waals surface area contributed by atoms with Gasteiger partial charge in [0.25, 0.3) is 0 Å². The number of benzene rings is 3. The third-order valence-electron chi connectivity index (χ3n) is 4.95. The highest BCUT2D eigenvalue weighted by Gasteiger charge is 2.18. The van der Waals surface area contributed by atoms with Crippen molar-refractivity contribution >= 4 is 16.9 Å². The molecule has 5 heteroatoms. The number of nitrogens with zero attached hydrogens (tertiary/aromatic N) is 1. The normalized spacial score (nSPS) is 12.2. The number of aromatic nitrogens is 1. The summed E-state index contributed by atoms with van der Waals surface area (Å²) in [5.41, 5.74) is 3.59. The minimum atomic E-state index is -0.864. The summed E-state index contributed by atoms with van der Waals surface area (Å²) in [4.78, 5) is 11.3. The van der Waals surface area contributed by atoms with Gasteiger partial charge in [0.15, 0.2) is 0 Å². The number of carbonyl (C=O) groups is 1. The maximum atomic E-state index is 13.6. The fraction of sp³-hybridized carbons (Fsp3) is 0.125. The van der Waals surface area contributed by atoms with Crippen LogP contribution < -0.4 is 5.32 Å². The van der Waals surface area contributed by atoms with E-state index in [0.29, 0.717) is 6.54 Å². The minimum absolute atomic E-state index is 0.0427. The van der Waals surface area contributed by atoms with Gasteiger partial charge in [0.05, 0.1) is 6.42 Å². The first-order valence-electron chi connectivity index (χ1n) is 9.45. The van der Waals surface area contributed by atoms with Crippen molar-refractivity contribution in [3.63, 3.8) is 0 Å². The molecule has 4 nitrogen and oxygen atoms in total. The van der Waals surface area contributed by atoms with Crippen LogP contribution in [0.25, 0.3) is 10.9 Å². The first kappa shape index (κ1) is 18.9. The second kappa shape index (κ2) is 8.29. The van der Waals surface area contributed by atoms with Crippen LogP contribution in [0.1, 0.15) is 22.9 Å². The van der Waals surface area contributed by atoms with E-state index in [0.717, 1.165) is 27.6 Å². The zero-order valence-electron chi connectivity index (χ0n) is 15.8. The van der Waals surface area contributed by atoms with Crippen LogP contribution in [0, 0.1) is 5.82 Å². The van der Waals surface area contributed by atoms with E-state index in [1.165, 1.54) is 12.1 Å². The smallest absolute Gasteiger partial charge is 0.307 e. The molecule has 3 aromatic carbocycles. The molecule has 0 aliphatic rings. The molecule has 0 radical (unpaired) electrons. The van der Waals surface area contributed by atoms with E-state index in [1.54, 1.807) is 6.07 Å². The van der Waals surface area contributed by atoms with Gasteiger partial charge in [-0.1, -0.05) is 60.7 Å². The number of aliphatic carboxylic acids is 1. The molecule has 0 aliphatic carbocycles. The SMILES string of the molecule is O=C(O)Cc1cn(C(NCc2cccc(F)c2)c2ccccc2)c2ccccc12. The van der Waals surface area contributed by atoms with Gasteiger partial charge >= 0.3 is 5.97 Å². The van der Waals surface area contributed by atoms with Crippen molar-refractivity contribution in [2.45, 2.75) is 19.1 Å². The van der Waals surface area contributed by atoms with Crippen LogP contribution in [0.2, 0.25) is 0 Å². The number of fused-ring (bicyclic) bond motifs is 1. The van der Waals surface area contributed by atoms with Crippen molar-refractivity contribution in [2.24, 2.45) is 0 Å². The maximum absolute atomic E-state index is 13.6. The van der Waals surface area contributed by atoms with Gasteiger partial charge in [0.1, 0.15) is 12.0 Å². The topological polar surface area (TPSA) is 54.3 Å². The number of carboxylic acids is 1. The van der Waals surface area contributed by atoms with Crippen molar-refractivity contribution in [3.05, 3.63) is 108 Å². The van der Waals surface area contributed by atoms with Crippen LogP contribution in [-0.2, 0) is 17.8 Å². The molecular formula is C24H21FN2O2. The lowest BCUT2D eigenvalue weighted by molar-refractivity contribution is -0.136. The van der Waals surface area contributed by atoms with E-state index >= 15 is 0 Å². The molecule has 1 atom stereocenters. The molecule has 1 heterocycles. The molecule has 4 aromatic rings. The first-order valence-corrected chi connectivity index (χ1v) is 9.45. The van der Waals surface area contributed by atoms with Crippen LogP contribution in [-0.4, -0.2) is 15.6 Å². The van der Waals surface area contributed by atoms with Crippen molar-refractivity contribution in [3.8, 4) is 0 Å². The summed E-state index contributed by atoms with van der Waals surface area (Å²) in [5, 5.41) is 13.7. The highest BCUT2D eigenvalue weighted by atomic mass is 19.1. The highest BCUT2D eigenvalue weighted by Crippen LogP contribution is 2.28. The molecule has 29 heavy (non-hydrogen) atoms. The fourth-order valence-electron chi connectivity index (χ4n) is 3.67. The van der Waals surface area contributed by atoms with Crippen molar-refractivity contribution in [2.75, 3.05) is 0 Å². The molecular weight excluding hydrogens is 367 g/mol. The number of hydrogen-bond acceptors (Lipinski definition) is 2. The molecule has 2 N–H and O–H groups in total. The Morgan fingerprint density at radius 3 is 2.52 bits per heavy atom. The summed E-state index contributed by atoms with van der Waals surface area (Å²) in [7, 11) is 0. The Labute approximate surface area is 168 Å². The lowest BCUT2D eigenvalue weighted by atomic mass is 10.1. The highest BCUT2D eigenvalue weighted by molar-refractivity contribution is 5.87. The second-order valence-electron chi connectivity index (χ2n) is 6.97. The van der Waals surface area contributed by atoms with Crippen molar-refractivity contribution < 1.29 is 14.3 Å². The van der Waals surface area contributed by atoms with Gasteiger partial charge < -0.3 is 9.67 Å². The van der Waals surface area contributed by atoms with E-state index in [4.69, 9.17) is 0 Å². The molecule has 1 unspecified atom stereocenters. The van der Waals surface area contributed by atoms with E-state index < -0.39 is 5.97 Å². The Balaban J connectivity index is 1.76. The van der Waals surface area contributed by atoms with Gasteiger partial charge in [-0.25, -0.2) is 4.39 Å². The van der Waals surface area contributed by atoms with Gasteiger partial charge in [-0.2, -0.15) is 0 Å². The molecule has 0 saturated carbocycles. The number of para-hydroxylation sites is 1. The van der Waals surface area contributed by atoms with E-state index in [1.807, 2.05) is 66.9 Å². The second-order valence-corrected chi connectivity index (χ2v) is 6.97. The largest absolute Gasteiger partial charge is 0.481 e. The first-order chi connectivity index (χ1) is 14.1. The molecule has 0 amide bonds. The summed E-state index contributed by atoms with van der Waals surface area (Å²) in [5.74, 6) is -1.13. The molecule has 1 aromatic heterocycles. The van der Waals surface area contributed by atoms with E-state index in [9.17, 15) is 14.3 Å². The Morgan fingerprint density at radius 2 is 1.76 bits per heavy atom. The molecule has 146 valence electrons. The molecule has 4 rings (SSSR count). The maximum Gasteiger partial charge on any atom is 0.307 e. The number of halogens is 1. The number of nitrogens with one attached hydrogen (secondary N) is 1. The average molecular weight is 388 g/mol. The Kier molecular flexibility index (Phi) is 5.40. The Bertz CT molecular complexity index is 1140. The number of rotatable bonds is 7. The number of carboxylic acid groups (broad SMARTS) is 1. The number of hydrogen-bond donors (Lipinski definition) is 2. The Morgan fingerprint density at radius 1 is 1.00 bits per heavy atom.